The number of nitrogens with one attached hydrogen (secondary N) is 2. The van der Waals surface area contributed by atoms with Gasteiger partial charge >= 0.3 is 0 Å². The fraction of sp³-hybridized carbons (Fsp3) is 0.588. The average Bonchev–Trinajstić information content (AvgIpc) is 2.43. The molecule has 0 aromatic heterocycles. The molecule has 1 aromatic rings. The molecule has 0 unspecified atom stereocenters. The monoisotopic (exact) mass is 276 g/mol. The third kappa shape index (κ3) is 5.24. The van der Waals surface area contributed by atoms with Crippen LogP contribution in [0.3, 0.4) is 0 Å². The van der Waals surface area contributed by atoms with Gasteiger partial charge in [-0.3, -0.25) is 4.79 Å². The van der Waals surface area contributed by atoms with Gasteiger partial charge < -0.3 is 10.6 Å². The van der Waals surface area contributed by atoms with Crippen molar-refractivity contribution in [3.05, 3.63) is 23.8 Å². The van der Waals surface area contributed by atoms with Crippen molar-refractivity contribution >= 4 is 17.3 Å². The molecule has 0 bridgehead atoms. The van der Waals surface area contributed by atoms with Crippen molar-refractivity contribution in [2.75, 3.05) is 10.6 Å². The molecule has 3 nitrogen and oxygen atoms in total. The highest BCUT2D eigenvalue weighted by Crippen LogP contribution is 2.23. The Balaban J connectivity index is 2.81. The number of hydrogen-bond acceptors (Lipinski definition) is 2. The summed E-state index contributed by atoms with van der Waals surface area (Å²) in [5.41, 5.74) is 3.22. The number of anilines is 2. The van der Waals surface area contributed by atoms with E-state index in [1.54, 1.807) is 0 Å². The standard InChI is InChI=1S/C17H28N2O/c1-5-8-14(9-6-2)18-16-12-15(11-10-13(16)4)19-17(20)7-3/h10-12,14,18H,5-9H2,1-4H3,(H,19,20). The topological polar surface area (TPSA) is 41.1 Å². The Bertz CT molecular complexity index is 423. The van der Waals surface area contributed by atoms with Crippen molar-refractivity contribution in [2.45, 2.75) is 65.8 Å². The molecular weight excluding hydrogens is 248 g/mol. The maximum Gasteiger partial charge on any atom is 0.224 e. The molecule has 0 radical (unpaired) electrons. The van der Waals surface area contributed by atoms with E-state index in [9.17, 15) is 4.79 Å². The minimum atomic E-state index is 0.0541. The lowest BCUT2D eigenvalue weighted by atomic mass is 10.1. The van der Waals surface area contributed by atoms with Crippen molar-refractivity contribution < 1.29 is 4.79 Å². The number of aryl methyl sites for hydroxylation is 1. The minimum Gasteiger partial charge on any atom is -0.382 e. The van der Waals surface area contributed by atoms with E-state index >= 15 is 0 Å². The van der Waals surface area contributed by atoms with E-state index < -0.39 is 0 Å². The van der Waals surface area contributed by atoms with Crippen LogP contribution in [0.15, 0.2) is 18.2 Å². The molecule has 112 valence electrons. The van der Waals surface area contributed by atoms with Crippen LogP contribution in [0.1, 0.15) is 58.4 Å². The summed E-state index contributed by atoms with van der Waals surface area (Å²) in [6, 6.07) is 6.58. The van der Waals surface area contributed by atoms with Crippen LogP contribution in [-0.2, 0) is 4.79 Å². The van der Waals surface area contributed by atoms with E-state index in [1.165, 1.54) is 31.2 Å². The molecule has 1 aromatic carbocycles. The third-order valence-electron chi connectivity index (χ3n) is 3.48. The molecule has 3 heteroatoms. The Morgan fingerprint density at radius 3 is 2.35 bits per heavy atom. The molecule has 0 saturated carbocycles. The first-order valence-corrected chi connectivity index (χ1v) is 7.77. The van der Waals surface area contributed by atoms with E-state index in [1.807, 2.05) is 19.1 Å². The molecule has 0 aliphatic rings. The van der Waals surface area contributed by atoms with Crippen molar-refractivity contribution in [3.63, 3.8) is 0 Å². The van der Waals surface area contributed by atoms with Gasteiger partial charge in [-0.15, -0.1) is 0 Å². The SMILES string of the molecule is CCCC(CCC)Nc1cc(NC(=O)CC)ccc1C. The van der Waals surface area contributed by atoms with Gasteiger partial charge in [0, 0.05) is 23.8 Å². The second-order valence-electron chi connectivity index (χ2n) is 5.35. The van der Waals surface area contributed by atoms with Gasteiger partial charge in [0.05, 0.1) is 0 Å². The maximum atomic E-state index is 11.5. The van der Waals surface area contributed by atoms with Crippen LogP contribution >= 0.6 is 0 Å². The molecule has 20 heavy (non-hydrogen) atoms. The molecule has 0 fully saturated rings. The van der Waals surface area contributed by atoms with Crippen LogP contribution in [0.5, 0.6) is 0 Å². The van der Waals surface area contributed by atoms with E-state index in [4.69, 9.17) is 0 Å². The fourth-order valence-electron chi connectivity index (χ4n) is 2.31. The second kappa shape index (κ2) is 8.62. The van der Waals surface area contributed by atoms with Crippen LogP contribution in [0.2, 0.25) is 0 Å². The van der Waals surface area contributed by atoms with E-state index in [-0.39, 0.29) is 5.91 Å². The van der Waals surface area contributed by atoms with Gasteiger partial charge in [-0.2, -0.15) is 0 Å². The van der Waals surface area contributed by atoms with Crippen molar-refractivity contribution in [1.29, 1.82) is 0 Å². The Labute approximate surface area is 123 Å². The van der Waals surface area contributed by atoms with E-state index in [0.717, 1.165) is 11.4 Å². The number of benzene rings is 1. The Kier molecular flexibility index (Phi) is 7.13. The molecule has 0 spiro atoms. The summed E-state index contributed by atoms with van der Waals surface area (Å²) in [6.07, 6.45) is 5.23. The first-order valence-electron chi connectivity index (χ1n) is 7.77. The lowest BCUT2D eigenvalue weighted by Crippen LogP contribution is -2.19. The number of amides is 1. The summed E-state index contributed by atoms with van der Waals surface area (Å²) in [7, 11) is 0. The number of carbonyl (C=O) groups is 1. The average molecular weight is 276 g/mol. The van der Waals surface area contributed by atoms with Crippen LogP contribution in [0.25, 0.3) is 0 Å². The summed E-state index contributed by atoms with van der Waals surface area (Å²) < 4.78 is 0. The summed E-state index contributed by atoms with van der Waals surface area (Å²) in [5, 5.41) is 6.55. The molecule has 0 aliphatic heterocycles. The van der Waals surface area contributed by atoms with Gasteiger partial charge in [-0.1, -0.05) is 39.7 Å². The predicted octanol–water partition coefficient (Wildman–Crippen LogP) is 4.72. The smallest absolute Gasteiger partial charge is 0.224 e. The van der Waals surface area contributed by atoms with Gasteiger partial charge in [0.25, 0.3) is 0 Å². The normalized spacial score (nSPS) is 10.7. The van der Waals surface area contributed by atoms with Crippen molar-refractivity contribution in [3.8, 4) is 0 Å². The Morgan fingerprint density at radius 2 is 1.80 bits per heavy atom. The van der Waals surface area contributed by atoms with Gasteiger partial charge in [-0.05, 0) is 37.5 Å². The fourth-order valence-corrected chi connectivity index (χ4v) is 2.31. The zero-order chi connectivity index (χ0) is 15.0. The van der Waals surface area contributed by atoms with Gasteiger partial charge in [0.1, 0.15) is 0 Å². The minimum absolute atomic E-state index is 0.0541. The van der Waals surface area contributed by atoms with Crippen LogP contribution in [0, 0.1) is 6.92 Å². The van der Waals surface area contributed by atoms with Crippen LogP contribution in [0.4, 0.5) is 11.4 Å². The molecule has 1 amide bonds. The molecule has 0 aliphatic carbocycles. The number of carbonyl (C=O) groups excluding carboxylic acids is 1. The van der Waals surface area contributed by atoms with Gasteiger partial charge in [0.15, 0.2) is 0 Å². The quantitative estimate of drug-likeness (QED) is 0.721. The van der Waals surface area contributed by atoms with Gasteiger partial charge in [0.2, 0.25) is 5.91 Å². The molecule has 0 atom stereocenters. The van der Waals surface area contributed by atoms with Crippen LogP contribution < -0.4 is 10.6 Å². The number of rotatable bonds is 8. The van der Waals surface area contributed by atoms with E-state index in [2.05, 4.69) is 37.5 Å². The largest absolute Gasteiger partial charge is 0.382 e. The van der Waals surface area contributed by atoms with Crippen molar-refractivity contribution in [2.24, 2.45) is 0 Å². The van der Waals surface area contributed by atoms with Crippen LogP contribution in [-0.4, -0.2) is 11.9 Å². The highest BCUT2D eigenvalue weighted by atomic mass is 16.1. The second-order valence-corrected chi connectivity index (χ2v) is 5.35. The first-order chi connectivity index (χ1) is 9.60. The Hall–Kier alpha value is -1.51. The van der Waals surface area contributed by atoms with Gasteiger partial charge in [-0.25, -0.2) is 0 Å². The first kappa shape index (κ1) is 16.5. The zero-order valence-electron chi connectivity index (χ0n) is 13.3. The van der Waals surface area contributed by atoms with Crippen molar-refractivity contribution in [1.82, 2.24) is 0 Å². The molecule has 2 N–H and O–H groups in total. The molecular formula is C17H28N2O. The summed E-state index contributed by atoms with van der Waals surface area (Å²) in [6.45, 7) is 8.40. The number of hydrogen-bond donors (Lipinski definition) is 2. The Morgan fingerprint density at radius 1 is 1.15 bits per heavy atom. The predicted molar refractivity (Wildman–Crippen MR) is 87.3 cm³/mol. The molecule has 0 heterocycles. The van der Waals surface area contributed by atoms with E-state index in [0.29, 0.717) is 12.5 Å². The summed E-state index contributed by atoms with van der Waals surface area (Å²) in [5.74, 6) is 0.0541. The lowest BCUT2D eigenvalue weighted by Gasteiger charge is -2.21. The maximum absolute atomic E-state index is 11.5. The third-order valence-corrected chi connectivity index (χ3v) is 3.48. The molecule has 1 rings (SSSR count). The lowest BCUT2D eigenvalue weighted by molar-refractivity contribution is -0.115. The highest BCUT2D eigenvalue weighted by Gasteiger charge is 2.09. The zero-order valence-corrected chi connectivity index (χ0v) is 13.3. The summed E-state index contributed by atoms with van der Waals surface area (Å²) >= 11 is 0. The highest BCUT2D eigenvalue weighted by molar-refractivity contribution is 5.91. The summed E-state index contributed by atoms with van der Waals surface area (Å²) in [4.78, 5) is 11.5. The molecule has 0 saturated heterocycles.